The topological polar surface area (TPSA) is 9.23 Å². The second-order valence-electron chi connectivity index (χ2n) is 4.44. The zero-order valence-electron chi connectivity index (χ0n) is 10.0. The molecule has 0 saturated carbocycles. The molecule has 0 aromatic heterocycles. The minimum atomic E-state index is 0.781. The van der Waals surface area contributed by atoms with Crippen LogP contribution in [0.5, 0.6) is 5.75 Å². The van der Waals surface area contributed by atoms with Gasteiger partial charge in [-0.1, -0.05) is 44.4 Å². The van der Waals surface area contributed by atoms with Crippen molar-refractivity contribution in [3.63, 3.8) is 0 Å². The van der Waals surface area contributed by atoms with E-state index < -0.39 is 0 Å². The van der Waals surface area contributed by atoms with Crippen LogP contribution in [0, 0.1) is 0 Å². The Balaban J connectivity index is 1.91. The molecule has 0 radical (unpaired) electrons. The number of rotatable bonds is 5. The molecule has 86 valence electrons. The van der Waals surface area contributed by atoms with Gasteiger partial charge in [-0.05, 0) is 30.6 Å². The Labute approximate surface area is 98.1 Å². The quantitative estimate of drug-likeness (QED) is 0.661. The first kappa shape index (κ1) is 11.3. The summed E-state index contributed by atoms with van der Waals surface area (Å²) in [5.74, 6) is 1.03. The molecular weight excluding hydrogens is 196 g/mol. The summed E-state index contributed by atoms with van der Waals surface area (Å²) in [6, 6.07) is 8.26. The smallest absolute Gasteiger partial charge is 0.127 e. The van der Waals surface area contributed by atoms with Crippen LogP contribution in [0.2, 0.25) is 0 Å². The van der Waals surface area contributed by atoms with Gasteiger partial charge >= 0.3 is 0 Å². The fourth-order valence-corrected chi connectivity index (χ4v) is 2.09. The van der Waals surface area contributed by atoms with Crippen molar-refractivity contribution in [3.8, 4) is 5.75 Å². The van der Waals surface area contributed by atoms with Crippen molar-refractivity contribution in [2.75, 3.05) is 6.61 Å². The summed E-state index contributed by atoms with van der Waals surface area (Å²) in [4.78, 5) is 0. The molecule has 2 rings (SSSR count). The summed E-state index contributed by atoms with van der Waals surface area (Å²) >= 11 is 0. The molecule has 1 aromatic rings. The van der Waals surface area contributed by atoms with Crippen LogP contribution in [0.25, 0.3) is 6.08 Å². The van der Waals surface area contributed by atoms with E-state index in [0.29, 0.717) is 0 Å². The zero-order chi connectivity index (χ0) is 11.2. The summed E-state index contributed by atoms with van der Waals surface area (Å²) in [6.07, 6.45) is 8.78. The van der Waals surface area contributed by atoms with Crippen LogP contribution < -0.4 is 4.74 Å². The molecule has 1 aromatic carbocycles. The third-order valence-corrected chi connectivity index (χ3v) is 3.04. The molecule has 16 heavy (non-hydrogen) atoms. The lowest BCUT2D eigenvalue weighted by Gasteiger charge is -2.17. The average molecular weight is 216 g/mol. The van der Waals surface area contributed by atoms with Crippen LogP contribution in [0.3, 0.4) is 0 Å². The van der Waals surface area contributed by atoms with Crippen molar-refractivity contribution in [3.05, 3.63) is 35.4 Å². The van der Waals surface area contributed by atoms with Gasteiger partial charge in [-0.2, -0.15) is 0 Å². The lowest BCUT2D eigenvalue weighted by atomic mass is 10.0. The first-order chi connectivity index (χ1) is 7.90. The first-order valence-corrected chi connectivity index (χ1v) is 6.31. The molecule has 0 saturated heterocycles. The maximum absolute atomic E-state index is 5.72. The molecule has 0 atom stereocenters. The molecule has 0 N–H and O–H groups in total. The predicted octanol–water partition coefficient (Wildman–Crippen LogP) is 4.43. The lowest BCUT2D eigenvalue weighted by molar-refractivity contribution is 0.341. The van der Waals surface area contributed by atoms with Gasteiger partial charge < -0.3 is 4.74 Å². The highest BCUT2D eigenvalue weighted by Gasteiger charge is 2.09. The summed E-state index contributed by atoms with van der Waals surface area (Å²) in [5.41, 5.74) is 2.68. The van der Waals surface area contributed by atoms with Gasteiger partial charge in [0, 0.05) is 5.56 Å². The second-order valence-corrected chi connectivity index (χ2v) is 4.44. The number of fused-ring (bicyclic) bond motifs is 1. The normalized spacial score (nSPS) is 13.9. The summed E-state index contributed by atoms with van der Waals surface area (Å²) in [6.45, 7) is 3.03. The predicted molar refractivity (Wildman–Crippen MR) is 68.7 cm³/mol. The van der Waals surface area contributed by atoms with E-state index in [1.54, 1.807) is 0 Å². The first-order valence-electron chi connectivity index (χ1n) is 6.31. The molecule has 1 aliphatic heterocycles. The van der Waals surface area contributed by atoms with Crippen LogP contribution in [0.1, 0.15) is 44.6 Å². The SMILES string of the molecule is CCCCCCC1=Cc2ccccc2OC1. The van der Waals surface area contributed by atoms with Gasteiger partial charge in [-0.25, -0.2) is 0 Å². The Kier molecular flexibility index (Phi) is 4.03. The van der Waals surface area contributed by atoms with Crippen molar-refractivity contribution in [2.24, 2.45) is 0 Å². The second kappa shape index (κ2) is 5.74. The molecule has 1 heteroatoms. The molecule has 0 aliphatic carbocycles. The van der Waals surface area contributed by atoms with Crippen molar-refractivity contribution >= 4 is 6.08 Å². The third-order valence-electron chi connectivity index (χ3n) is 3.04. The Bertz CT molecular complexity index is 365. The van der Waals surface area contributed by atoms with Crippen LogP contribution in [-0.4, -0.2) is 6.61 Å². The molecule has 1 aliphatic rings. The molecule has 0 spiro atoms. The number of benzene rings is 1. The van der Waals surface area contributed by atoms with Crippen molar-refractivity contribution in [1.29, 1.82) is 0 Å². The highest BCUT2D eigenvalue weighted by molar-refractivity contribution is 5.61. The molecule has 1 nitrogen and oxygen atoms in total. The van der Waals surface area contributed by atoms with Gasteiger partial charge in [0.1, 0.15) is 12.4 Å². The maximum atomic E-state index is 5.72. The molecule has 0 amide bonds. The molecule has 0 unspecified atom stereocenters. The largest absolute Gasteiger partial charge is 0.489 e. The van der Waals surface area contributed by atoms with Gasteiger partial charge in [0.25, 0.3) is 0 Å². The number of hydrogen-bond donors (Lipinski definition) is 0. The van der Waals surface area contributed by atoms with Crippen LogP contribution >= 0.6 is 0 Å². The molecule has 0 bridgehead atoms. The number of ether oxygens (including phenoxy) is 1. The Morgan fingerprint density at radius 2 is 2.00 bits per heavy atom. The molecule has 0 fully saturated rings. The van der Waals surface area contributed by atoms with Gasteiger partial charge in [0.05, 0.1) is 0 Å². The van der Waals surface area contributed by atoms with Crippen molar-refractivity contribution < 1.29 is 4.74 Å². The monoisotopic (exact) mass is 216 g/mol. The average Bonchev–Trinajstić information content (AvgIpc) is 2.34. The summed E-state index contributed by atoms with van der Waals surface area (Å²) < 4.78 is 5.72. The van der Waals surface area contributed by atoms with Crippen LogP contribution in [-0.2, 0) is 0 Å². The zero-order valence-corrected chi connectivity index (χ0v) is 10.0. The minimum absolute atomic E-state index is 0.781. The van der Waals surface area contributed by atoms with Crippen molar-refractivity contribution in [2.45, 2.75) is 39.0 Å². The van der Waals surface area contributed by atoms with E-state index in [2.05, 4.69) is 25.1 Å². The highest BCUT2D eigenvalue weighted by Crippen LogP contribution is 2.27. The van der Waals surface area contributed by atoms with Crippen LogP contribution in [0.4, 0.5) is 0 Å². The lowest BCUT2D eigenvalue weighted by Crippen LogP contribution is -2.07. The Morgan fingerprint density at radius 3 is 2.88 bits per heavy atom. The Morgan fingerprint density at radius 1 is 1.12 bits per heavy atom. The van der Waals surface area contributed by atoms with Gasteiger partial charge in [-0.15, -0.1) is 0 Å². The van der Waals surface area contributed by atoms with E-state index in [1.807, 2.05) is 12.1 Å². The summed E-state index contributed by atoms with van der Waals surface area (Å²) in [5, 5.41) is 0. The van der Waals surface area contributed by atoms with Crippen molar-refractivity contribution in [1.82, 2.24) is 0 Å². The molecular formula is C15H20O. The van der Waals surface area contributed by atoms with E-state index in [4.69, 9.17) is 4.74 Å². The number of unbranched alkanes of at least 4 members (excludes halogenated alkanes) is 3. The fraction of sp³-hybridized carbons (Fsp3) is 0.467. The molecule has 1 heterocycles. The minimum Gasteiger partial charge on any atom is -0.489 e. The Hall–Kier alpha value is -1.24. The fourth-order valence-electron chi connectivity index (χ4n) is 2.09. The number of para-hydroxylation sites is 1. The van der Waals surface area contributed by atoms with Crippen LogP contribution in [0.15, 0.2) is 29.8 Å². The van der Waals surface area contributed by atoms with E-state index in [1.165, 1.54) is 43.2 Å². The highest BCUT2D eigenvalue weighted by atomic mass is 16.5. The van der Waals surface area contributed by atoms with E-state index in [-0.39, 0.29) is 0 Å². The third kappa shape index (κ3) is 2.88. The van der Waals surface area contributed by atoms with E-state index >= 15 is 0 Å². The number of hydrogen-bond acceptors (Lipinski definition) is 1. The van der Waals surface area contributed by atoms with Gasteiger partial charge in [0.15, 0.2) is 0 Å². The van der Waals surface area contributed by atoms with E-state index in [9.17, 15) is 0 Å². The maximum Gasteiger partial charge on any atom is 0.127 e. The van der Waals surface area contributed by atoms with E-state index in [0.717, 1.165) is 12.4 Å². The standard InChI is InChI=1S/C15H20O/c1-2-3-4-5-8-13-11-14-9-6-7-10-15(14)16-12-13/h6-7,9-11H,2-5,8,12H2,1H3. The summed E-state index contributed by atoms with van der Waals surface area (Å²) in [7, 11) is 0. The van der Waals surface area contributed by atoms with Gasteiger partial charge in [-0.3, -0.25) is 0 Å². The van der Waals surface area contributed by atoms with Gasteiger partial charge in [0.2, 0.25) is 0 Å².